The molecule has 0 saturated heterocycles. The Labute approximate surface area is 107 Å². The van der Waals surface area contributed by atoms with Crippen LogP contribution in [-0.2, 0) is 0 Å². The molecule has 1 aromatic rings. The van der Waals surface area contributed by atoms with Crippen LogP contribution < -0.4 is 0 Å². The molecule has 94 valence electrons. The van der Waals surface area contributed by atoms with Gasteiger partial charge in [-0.1, -0.05) is 0 Å². The number of rotatable bonds is 3. The van der Waals surface area contributed by atoms with Gasteiger partial charge in [-0.25, -0.2) is 8.78 Å². The quantitative estimate of drug-likeness (QED) is 0.766. The normalized spacial score (nSPS) is 9.00. The molecule has 0 spiro atoms. The van der Waals surface area contributed by atoms with Crippen molar-refractivity contribution in [2.45, 2.75) is 0 Å². The summed E-state index contributed by atoms with van der Waals surface area (Å²) in [6.07, 6.45) is 0. The zero-order chi connectivity index (χ0) is 14.4. The molecule has 0 radical (unpaired) electrons. The van der Waals surface area contributed by atoms with Crippen molar-refractivity contribution in [1.82, 2.24) is 4.90 Å². The van der Waals surface area contributed by atoms with Crippen molar-refractivity contribution in [3.63, 3.8) is 0 Å². The molecule has 1 amide bonds. The van der Waals surface area contributed by atoms with Crippen LogP contribution in [0, 0.1) is 45.6 Å². The van der Waals surface area contributed by atoms with E-state index in [-0.39, 0.29) is 5.56 Å². The second-order valence-electron chi connectivity index (χ2n) is 3.40. The summed E-state index contributed by atoms with van der Waals surface area (Å²) in [6, 6.07) is 6.22. The summed E-state index contributed by atoms with van der Waals surface area (Å²) in [4.78, 5) is 12.5. The first-order valence-corrected chi connectivity index (χ1v) is 4.97. The molecule has 0 aliphatic carbocycles. The Hall–Kier alpha value is -2.98. The van der Waals surface area contributed by atoms with E-state index in [0.29, 0.717) is 17.0 Å². The number of halogens is 2. The summed E-state index contributed by atoms with van der Waals surface area (Å²) in [5.74, 6) is -3.52. The summed E-state index contributed by atoms with van der Waals surface area (Å²) >= 11 is 0. The van der Waals surface area contributed by atoms with Gasteiger partial charge in [-0.15, -0.1) is 0 Å². The Kier molecular flexibility index (Phi) is 4.51. The fourth-order valence-electron chi connectivity index (χ4n) is 1.37. The summed E-state index contributed by atoms with van der Waals surface area (Å²) < 4.78 is 27.2. The smallest absolute Gasteiger partial charge is 0.261 e. The van der Waals surface area contributed by atoms with Gasteiger partial charge in [0.15, 0.2) is 0 Å². The van der Waals surface area contributed by atoms with E-state index in [1.807, 2.05) is 0 Å². The molecule has 0 heterocycles. The second kappa shape index (κ2) is 6.09. The van der Waals surface area contributed by atoms with Gasteiger partial charge in [0, 0.05) is 0 Å². The zero-order valence-corrected chi connectivity index (χ0v) is 9.52. The fourth-order valence-corrected chi connectivity index (χ4v) is 1.37. The molecular formula is C12H6F2N4O. The highest BCUT2D eigenvalue weighted by Crippen LogP contribution is 2.17. The summed E-state index contributed by atoms with van der Waals surface area (Å²) in [6.45, 7) is -0.934. The number of hydrogen-bond acceptors (Lipinski definition) is 4. The lowest BCUT2D eigenvalue weighted by Crippen LogP contribution is -2.33. The third-order valence-corrected chi connectivity index (χ3v) is 2.20. The molecule has 7 heteroatoms. The topological polar surface area (TPSA) is 91.7 Å². The molecule has 0 N–H and O–H groups in total. The minimum atomic E-state index is -1.21. The highest BCUT2D eigenvalue weighted by Gasteiger charge is 2.23. The minimum Gasteiger partial charge on any atom is -0.312 e. The van der Waals surface area contributed by atoms with E-state index >= 15 is 0 Å². The zero-order valence-electron chi connectivity index (χ0n) is 9.52. The van der Waals surface area contributed by atoms with Crippen molar-refractivity contribution in [2.75, 3.05) is 13.1 Å². The van der Waals surface area contributed by atoms with Gasteiger partial charge in [-0.2, -0.15) is 15.8 Å². The molecule has 5 nitrogen and oxygen atoms in total. The van der Waals surface area contributed by atoms with Crippen LogP contribution in [0.2, 0.25) is 0 Å². The van der Waals surface area contributed by atoms with E-state index in [2.05, 4.69) is 0 Å². The lowest BCUT2D eigenvalue weighted by atomic mass is 10.1. The molecule has 0 atom stereocenters. The average molecular weight is 260 g/mol. The number of carbonyl (C=O) groups excluding carboxylic acids is 1. The van der Waals surface area contributed by atoms with Crippen LogP contribution in [0.4, 0.5) is 8.78 Å². The Morgan fingerprint density at radius 3 is 1.95 bits per heavy atom. The summed E-state index contributed by atoms with van der Waals surface area (Å²) in [5.41, 5.74) is -1.15. The Morgan fingerprint density at radius 2 is 1.58 bits per heavy atom. The summed E-state index contributed by atoms with van der Waals surface area (Å²) in [5, 5.41) is 25.5. The monoisotopic (exact) mass is 260 g/mol. The van der Waals surface area contributed by atoms with Crippen LogP contribution in [0.5, 0.6) is 0 Å². The number of nitrogens with zero attached hydrogens (tertiary/aromatic N) is 4. The van der Waals surface area contributed by atoms with E-state index in [9.17, 15) is 13.6 Å². The van der Waals surface area contributed by atoms with Crippen LogP contribution in [0.25, 0.3) is 0 Å². The van der Waals surface area contributed by atoms with Gasteiger partial charge in [0.25, 0.3) is 5.91 Å². The van der Waals surface area contributed by atoms with Crippen molar-refractivity contribution in [1.29, 1.82) is 15.8 Å². The van der Waals surface area contributed by atoms with Gasteiger partial charge in [0.2, 0.25) is 0 Å². The van der Waals surface area contributed by atoms with Crippen LogP contribution >= 0.6 is 0 Å². The Bertz CT molecular complexity index is 598. The number of nitriles is 3. The van der Waals surface area contributed by atoms with Crippen LogP contribution in [-0.4, -0.2) is 23.9 Å². The molecule has 0 bridgehead atoms. The highest BCUT2D eigenvalue weighted by molar-refractivity contribution is 5.95. The molecule has 19 heavy (non-hydrogen) atoms. The lowest BCUT2D eigenvalue weighted by Gasteiger charge is -2.16. The first-order valence-electron chi connectivity index (χ1n) is 4.97. The minimum absolute atomic E-state index is 0.265. The lowest BCUT2D eigenvalue weighted by molar-refractivity contribution is 0.0785. The van der Waals surface area contributed by atoms with E-state index in [0.717, 1.165) is 0 Å². The van der Waals surface area contributed by atoms with Crippen LogP contribution in [0.3, 0.4) is 0 Å². The number of amides is 1. The molecule has 0 aromatic heterocycles. The first-order chi connectivity index (χ1) is 9.04. The standard InChI is InChI=1S/C12H6F2N4O/c13-9-5-8(7-17)6-10(14)11(9)12(19)18(3-1-15)4-2-16/h5-6H,3-4H2. The van der Waals surface area contributed by atoms with E-state index < -0.39 is 36.2 Å². The molecule has 0 aliphatic rings. The van der Waals surface area contributed by atoms with Gasteiger partial charge >= 0.3 is 0 Å². The van der Waals surface area contributed by atoms with Crippen molar-refractivity contribution >= 4 is 5.91 Å². The molecular weight excluding hydrogens is 254 g/mol. The van der Waals surface area contributed by atoms with Gasteiger partial charge in [0.05, 0.1) is 23.8 Å². The molecule has 0 aliphatic heterocycles. The van der Waals surface area contributed by atoms with E-state index in [1.54, 1.807) is 18.2 Å². The average Bonchev–Trinajstić information content (AvgIpc) is 2.37. The van der Waals surface area contributed by atoms with Crippen molar-refractivity contribution in [3.8, 4) is 18.2 Å². The third kappa shape index (κ3) is 3.02. The summed E-state index contributed by atoms with van der Waals surface area (Å²) in [7, 11) is 0. The number of hydrogen-bond donors (Lipinski definition) is 0. The maximum atomic E-state index is 13.6. The van der Waals surface area contributed by atoms with Crippen molar-refractivity contribution in [3.05, 3.63) is 34.9 Å². The van der Waals surface area contributed by atoms with Crippen LogP contribution in [0.1, 0.15) is 15.9 Å². The van der Waals surface area contributed by atoms with Crippen LogP contribution in [0.15, 0.2) is 12.1 Å². The van der Waals surface area contributed by atoms with Gasteiger partial charge < -0.3 is 4.90 Å². The van der Waals surface area contributed by atoms with Gasteiger partial charge in [0.1, 0.15) is 30.3 Å². The molecule has 1 rings (SSSR count). The van der Waals surface area contributed by atoms with Crippen molar-refractivity contribution < 1.29 is 13.6 Å². The SMILES string of the molecule is N#CCN(CC#N)C(=O)c1c(F)cc(C#N)cc1F. The number of carbonyl (C=O) groups is 1. The highest BCUT2D eigenvalue weighted by atomic mass is 19.1. The van der Waals surface area contributed by atoms with E-state index in [1.165, 1.54) is 0 Å². The second-order valence-corrected chi connectivity index (χ2v) is 3.40. The Morgan fingerprint density at radius 1 is 1.11 bits per heavy atom. The van der Waals surface area contributed by atoms with Gasteiger partial charge in [-0.05, 0) is 12.1 Å². The third-order valence-electron chi connectivity index (χ3n) is 2.20. The predicted octanol–water partition coefficient (Wildman–Crippen LogP) is 1.33. The van der Waals surface area contributed by atoms with Crippen molar-refractivity contribution in [2.24, 2.45) is 0 Å². The maximum absolute atomic E-state index is 13.6. The predicted molar refractivity (Wildman–Crippen MR) is 58.2 cm³/mol. The Balaban J connectivity index is 3.24. The fraction of sp³-hybridized carbons (Fsp3) is 0.167. The largest absolute Gasteiger partial charge is 0.312 e. The van der Waals surface area contributed by atoms with Gasteiger partial charge in [-0.3, -0.25) is 4.79 Å². The molecule has 0 unspecified atom stereocenters. The maximum Gasteiger partial charge on any atom is 0.261 e. The molecule has 0 saturated carbocycles. The first kappa shape index (κ1) is 14.1. The number of benzene rings is 1. The molecule has 1 aromatic carbocycles. The van der Waals surface area contributed by atoms with E-state index in [4.69, 9.17) is 15.8 Å². The molecule has 0 fully saturated rings.